The van der Waals surface area contributed by atoms with E-state index in [0.29, 0.717) is 18.5 Å². The highest BCUT2D eigenvalue weighted by Gasteiger charge is 2.52. The number of amides is 4. The van der Waals surface area contributed by atoms with Crippen molar-refractivity contribution in [2.24, 2.45) is 0 Å². The molecule has 8 heteroatoms. The van der Waals surface area contributed by atoms with Crippen LogP contribution in [0.4, 0.5) is 10.5 Å². The van der Waals surface area contributed by atoms with Gasteiger partial charge in [-0.3, -0.25) is 19.3 Å². The van der Waals surface area contributed by atoms with Crippen LogP contribution in [0.3, 0.4) is 0 Å². The summed E-state index contributed by atoms with van der Waals surface area (Å²) in [5.41, 5.74) is -0.286. The number of rotatable bonds is 5. The van der Waals surface area contributed by atoms with E-state index in [1.807, 2.05) is 6.07 Å². The topological polar surface area (TPSA) is 105 Å². The molecule has 1 aliphatic carbocycles. The summed E-state index contributed by atoms with van der Waals surface area (Å²) in [6.45, 7) is 0.926. The summed E-state index contributed by atoms with van der Waals surface area (Å²) in [5.74, 6) is -1.69. The second-order valence-corrected chi connectivity index (χ2v) is 6.60. The van der Waals surface area contributed by atoms with E-state index in [1.54, 1.807) is 24.3 Å². The molecule has 1 saturated heterocycles. The summed E-state index contributed by atoms with van der Waals surface area (Å²) in [4.78, 5) is 49.6. The molecule has 2 aliphatic rings. The lowest BCUT2D eigenvalue weighted by Gasteiger charge is -2.20. The van der Waals surface area contributed by atoms with Crippen LogP contribution in [-0.2, 0) is 19.1 Å². The van der Waals surface area contributed by atoms with Gasteiger partial charge in [-0.2, -0.15) is 0 Å². The van der Waals surface area contributed by atoms with Crippen LogP contribution in [-0.4, -0.2) is 46.9 Å². The maximum atomic E-state index is 12.5. The molecule has 1 spiro atoms. The fourth-order valence-electron chi connectivity index (χ4n) is 3.32. The van der Waals surface area contributed by atoms with Gasteiger partial charge < -0.3 is 15.4 Å². The lowest BCUT2D eigenvalue weighted by Crippen LogP contribution is -2.44. The first-order valence-corrected chi connectivity index (χ1v) is 8.61. The predicted octanol–water partition coefficient (Wildman–Crippen LogP) is 1.42. The molecular weight excluding hydrogens is 338 g/mol. The molecule has 1 heterocycles. The van der Waals surface area contributed by atoms with Crippen LogP contribution in [0.5, 0.6) is 0 Å². The average molecular weight is 359 g/mol. The van der Waals surface area contributed by atoms with E-state index in [9.17, 15) is 19.2 Å². The standard InChI is InChI=1S/C18H21N3O5/c1-12(15(23)19-13-7-3-2-4-8-13)26-14(22)11-21-16(24)18(20-17(21)25)9-5-6-10-18/h2-4,7-8,12H,5-6,9-11H2,1H3,(H,19,23)(H,20,25)/t12-/m1/s1. The van der Waals surface area contributed by atoms with Gasteiger partial charge in [-0.25, -0.2) is 4.79 Å². The van der Waals surface area contributed by atoms with E-state index in [1.165, 1.54) is 6.92 Å². The highest BCUT2D eigenvalue weighted by molar-refractivity contribution is 6.09. The van der Waals surface area contributed by atoms with Crippen LogP contribution in [0.1, 0.15) is 32.6 Å². The Bertz CT molecular complexity index is 728. The molecular formula is C18H21N3O5. The highest BCUT2D eigenvalue weighted by atomic mass is 16.5. The quantitative estimate of drug-likeness (QED) is 0.611. The smallest absolute Gasteiger partial charge is 0.327 e. The number of hydrogen-bond acceptors (Lipinski definition) is 5. The molecule has 4 amide bonds. The molecule has 1 aliphatic heterocycles. The number of carbonyl (C=O) groups is 4. The molecule has 3 rings (SSSR count). The van der Waals surface area contributed by atoms with Crippen LogP contribution in [0.2, 0.25) is 0 Å². The third-order valence-electron chi connectivity index (χ3n) is 4.71. The summed E-state index contributed by atoms with van der Waals surface area (Å²) in [7, 11) is 0. The van der Waals surface area contributed by atoms with Gasteiger partial charge in [-0.15, -0.1) is 0 Å². The Morgan fingerprint density at radius 2 is 1.88 bits per heavy atom. The van der Waals surface area contributed by atoms with Crippen molar-refractivity contribution in [1.82, 2.24) is 10.2 Å². The van der Waals surface area contributed by atoms with Crippen molar-refractivity contribution in [2.75, 3.05) is 11.9 Å². The minimum absolute atomic E-state index is 0.390. The molecule has 0 bridgehead atoms. The Morgan fingerprint density at radius 3 is 2.54 bits per heavy atom. The number of imide groups is 1. The van der Waals surface area contributed by atoms with E-state index in [-0.39, 0.29) is 0 Å². The number of nitrogens with one attached hydrogen (secondary N) is 2. The van der Waals surface area contributed by atoms with Gasteiger partial charge in [0.25, 0.3) is 11.8 Å². The Labute approximate surface area is 150 Å². The summed E-state index contributed by atoms with van der Waals surface area (Å²) >= 11 is 0. The van der Waals surface area contributed by atoms with Crippen molar-refractivity contribution in [3.05, 3.63) is 30.3 Å². The van der Waals surface area contributed by atoms with E-state index >= 15 is 0 Å². The molecule has 8 nitrogen and oxygen atoms in total. The fraction of sp³-hybridized carbons (Fsp3) is 0.444. The maximum Gasteiger partial charge on any atom is 0.327 e. The van der Waals surface area contributed by atoms with Crippen LogP contribution >= 0.6 is 0 Å². The maximum absolute atomic E-state index is 12.5. The summed E-state index contributed by atoms with van der Waals surface area (Å²) in [6.07, 6.45) is 1.84. The first kappa shape index (κ1) is 17.9. The Hall–Kier alpha value is -2.90. The molecule has 0 aromatic heterocycles. The zero-order valence-electron chi connectivity index (χ0n) is 14.5. The summed E-state index contributed by atoms with van der Waals surface area (Å²) < 4.78 is 5.07. The molecule has 2 N–H and O–H groups in total. The zero-order chi connectivity index (χ0) is 18.7. The monoisotopic (exact) mass is 359 g/mol. The normalized spacial score (nSPS) is 19.3. The number of ether oxygens (including phenoxy) is 1. The second kappa shape index (κ2) is 7.15. The van der Waals surface area contributed by atoms with Crippen molar-refractivity contribution in [1.29, 1.82) is 0 Å². The van der Waals surface area contributed by atoms with Gasteiger partial charge in [0.05, 0.1) is 0 Å². The molecule has 0 unspecified atom stereocenters. The Balaban J connectivity index is 1.54. The third-order valence-corrected chi connectivity index (χ3v) is 4.71. The largest absolute Gasteiger partial charge is 0.451 e. The lowest BCUT2D eigenvalue weighted by molar-refractivity contribution is -0.155. The molecule has 138 valence electrons. The van der Waals surface area contributed by atoms with Crippen molar-refractivity contribution in [3.8, 4) is 0 Å². The molecule has 0 radical (unpaired) electrons. The number of nitrogens with zero attached hydrogens (tertiary/aromatic N) is 1. The molecule has 26 heavy (non-hydrogen) atoms. The number of hydrogen-bond donors (Lipinski definition) is 2. The highest BCUT2D eigenvalue weighted by Crippen LogP contribution is 2.34. The van der Waals surface area contributed by atoms with Crippen molar-refractivity contribution in [2.45, 2.75) is 44.2 Å². The zero-order valence-corrected chi connectivity index (χ0v) is 14.5. The van der Waals surface area contributed by atoms with Crippen LogP contribution in [0.15, 0.2) is 30.3 Å². The SMILES string of the molecule is C[C@@H](OC(=O)CN1C(=O)NC2(CCCC2)C1=O)C(=O)Nc1ccccc1. The van der Waals surface area contributed by atoms with Crippen LogP contribution < -0.4 is 10.6 Å². The molecule has 1 aromatic carbocycles. The van der Waals surface area contributed by atoms with Crippen LogP contribution in [0.25, 0.3) is 0 Å². The minimum atomic E-state index is -1.05. The second-order valence-electron chi connectivity index (χ2n) is 6.60. The van der Waals surface area contributed by atoms with E-state index in [0.717, 1.165) is 17.7 Å². The van der Waals surface area contributed by atoms with Gasteiger partial charge >= 0.3 is 12.0 Å². The van der Waals surface area contributed by atoms with Gasteiger partial charge in [0.2, 0.25) is 0 Å². The van der Waals surface area contributed by atoms with Crippen LogP contribution in [0, 0.1) is 0 Å². The van der Waals surface area contributed by atoms with E-state index in [4.69, 9.17) is 4.74 Å². The molecule has 2 fully saturated rings. The summed E-state index contributed by atoms with van der Waals surface area (Å²) in [5, 5.41) is 5.32. The summed E-state index contributed by atoms with van der Waals surface area (Å²) in [6, 6.07) is 8.18. The molecule has 1 atom stereocenters. The van der Waals surface area contributed by atoms with Crippen molar-refractivity contribution in [3.63, 3.8) is 0 Å². The lowest BCUT2D eigenvalue weighted by atomic mass is 9.98. The van der Waals surface area contributed by atoms with Crippen molar-refractivity contribution < 1.29 is 23.9 Å². The number of esters is 1. The third kappa shape index (κ3) is 3.54. The van der Waals surface area contributed by atoms with Gasteiger partial charge in [-0.05, 0) is 31.9 Å². The first-order chi connectivity index (χ1) is 12.4. The van der Waals surface area contributed by atoms with E-state index < -0.39 is 42.0 Å². The van der Waals surface area contributed by atoms with Crippen molar-refractivity contribution >= 4 is 29.5 Å². The number of benzene rings is 1. The Morgan fingerprint density at radius 1 is 1.23 bits per heavy atom. The molecule has 1 aromatic rings. The minimum Gasteiger partial charge on any atom is -0.451 e. The van der Waals surface area contributed by atoms with Gasteiger partial charge in [-0.1, -0.05) is 31.0 Å². The van der Waals surface area contributed by atoms with E-state index in [2.05, 4.69) is 10.6 Å². The number of urea groups is 1. The average Bonchev–Trinajstić information content (AvgIpc) is 3.17. The fourth-order valence-corrected chi connectivity index (χ4v) is 3.32. The number of para-hydroxylation sites is 1. The Kier molecular flexibility index (Phi) is 4.92. The first-order valence-electron chi connectivity index (χ1n) is 8.61. The molecule has 1 saturated carbocycles. The van der Waals surface area contributed by atoms with Gasteiger partial charge in [0, 0.05) is 5.69 Å². The number of carbonyl (C=O) groups excluding carboxylic acids is 4. The predicted molar refractivity (Wildman–Crippen MR) is 92.1 cm³/mol. The number of anilines is 1. The van der Waals surface area contributed by atoms with Gasteiger partial charge in [0.1, 0.15) is 12.1 Å². The van der Waals surface area contributed by atoms with Gasteiger partial charge in [0.15, 0.2) is 6.10 Å².